The average Bonchev–Trinajstić information content (AvgIpc) is 2.29. The van der Waals surface area contributed by atoms with Gasteiger partial charge in [0.05, 0.1) is 11.3 Å². The molecule has 3 nitrogen and oxygen atoms in total. The van der Waals surface area contributed by atoms with Gasteiger partial charge in [-0.1, -0.05) is 6.07 Å². The molecule has 0 saturated heterocycles. The van der Waals surface area contributed by atoms with Crippen LogP contribution in [0.4, 0.5) is 18.9 Å². The van der Waals surface area contributed by atoms with Crippen molar-refractivity contribution in [1.82, 2.24) is 10.2 Å². The van der Waals surface area contributed by atoms with Gasteiger partial charge in [0.15, 0.2) is 0 Å². The number of nitrogens with two attached hydrogens (primary N) is 1. The van der Waals surface area contributed by atoms with Crippen LogP contribution in [0.3, 0.4) is 0 Å². The molecule has 1 aromatic heterocycles. The van der Waals surface area contributed by atoms with Crippen LogP contribution in [0, 0.1) is 6.92 Å². The highest BCUT2D eigenvalue weighted by atomic mass is 19.4. The maximum absolute atomic E-state index is 12.5. The maximum Gasteiger partial charge on any atom is 0.416 e. The normalized spacial score (nSPS) is 11.6. The second kappa shape index (κ2) is 4.29. The Kier molecular flexibility index (Phi) is 2.94. The molecule has 1 aromatic carbocycles. The Balaban J connectivity index is 2.52. The highest BCUT2D eigenvalue weighted by Gasteiger charge is 2.31. The van der Waals surface area contributed by atoms with Crippen molar-refractivity contribution in [2.24, 2.45) is 0 Å². The number of alkyl halides is 3. The number of hydrogen-bond donors (Lipinski definition) is 1. The van der Waals surface area contributed by atoms with Crippen molar-refractivity contribution in [1.29, 1.82) is 0 Å². The molecule has 2 aromatic rings. The third-order valence-electron chi connectivity index (χ3n) is 2.56. The first-order valence-electron chi connectivity index (χ1n) is 5.15. The van der Waals surface area contributed by atoms with Crippen LogP contribution in [-0.4, -0.2) is 10.2 Å². The molecule has 94 valence electrons. The molecule has 2 N–H and O–H groups in total. The van der Waals surface area contributed by atoms with Gasteiger partial charge in [-0.05, 0) is 30.7 Å². The molecule has 1 heterocycles. The molecule has 18 heavy (non-hydrogen) atoms. The van der Waals surface area contributed by atoms with Crippen LogP contribution < -0.4 is 5.73 Å². The summed E-state index contributed by atoms with van der Waals surface area (Å²) in [4.78, 5) is 0. The second-order valence-corrected chi connectivity index (χ2v) is 3.86. The maximum atomic E-state index is 12.5. The topological polar surface area (TPSA) is 51.8 Å². The van der Waals surface area contributed by atoms with Gasteiger partial charge in [0.25, 0.3) is 0 Å². The zero-order valence-corrected chi connectivity index (χ0v) is 9.49. The fourth-order valence-corrected chi connectivity index (χ4v) is 1.62. The minimum absolute atomic E-state index is 0.0356. The zero-order chi connectivity index (χ0) is 13.3. The van der Waals surface area contributed by atoms with Crippen molar-refractivity contribution >= 4 is 5.69 Å². The lowest BCUT2D eigenvalue weighted by molar-refractivity contribution is -0.137. The minimum Gasteiger partial charge on any atom is -0.398 e. The molecular weight excluding hydrogens is 243 g/mol. The van der Waals surface area contributed by atoms with E-state index in [1.165, 1.54) is 12.3 Å². The molecule has 0 saturated carbocycles. The van der Waals surface area contributed by atoms with Crippen LogP contribution in [0.1, 0.15) is 11.1 Å². The lowest BCUT2D eigenvalue weighted by Crippen LogP contribution is -2.06. The Hall–Kier alpha value is -2.11. The number of rotatable bonds is 1. The third kappa shape index (κ3) is 2.27. The first kappa shape index (κ1) is 12.3. The van der Waals surface area contributed by atoms with E-state index in [9.17, 15) is 13.2 Å². The number of aromatic nitrogens is 2. The third-order valence-corrected chi connectivity index (χ3v) is 2.56. The van der Waals surface area contributed by atoms with E-state index in [0.717, 1.165) is 17.7 Å². The van der Waals surface area contributed by atoms with E-state index in [2.05, 4.69) is 10.2 Å². The van der Waals surface area contributed by atoms with Gasteiger partial charge in [0.2, 0.25) is 0 Å². The summed E-state index contributed by atoms with van der Waals surface area (Å²) < 4.78 is 37.5. The van der Waals surface area contributed by atoms with E-state index in [4.69, 9.17) is 5.73 Å². The van der Waals surface area contributed by atoms with Crippen molar-refractivity contribution in [3.05, 3.63) is 41.6 Å². The molecule has 6 heteroatoms. The van der Waals surface area contributed by atoms with Crippen molar-refractivity contribution in [2.45, 2.75) is 13.1 Å². The number of benzene rings is 1. The van der Waals surface area contributed by atoms with Gasteiger partial charge >= 0.3 is 6.18 Å². The molecule has 0 aliphatic heterocycles. The van der Waals surface area contributed by atoms with Gasteiger partial charge in [-0.2, -0.15) is 23.4 Å². The van der Waals surface area contributed by atoms with Crippen LogP contribution in [0.15, 0.2) is 30.5 Å². The van der Waals surface area contributed by atoms with E-state index >= 15 is 0 Å². The lowest BCUT2D eigenvalue weighted by Gasteiger charge is -2.11. The van der Waals surface area contributed by atoms with Gasteiger partial charge in [-0.3, -0.25) is 0 Å². The van der Waals surface area contributed by atoms with E-state index in [0.29, 0.717) is 11.3 Å². The van der Waals surface area contributed by atoms with Crippen LogP contribution >= 0.6 is 0 Å². The van der Waals surface area contributed by atoms with Crippen LogP contribution in [-0.2, 0) is 6.18 Å². The van der Waals surface area contributed by atoms with Crippen molar-refractivity contribution in [3.63, 3.8) is 0 Å². The minimum atomic E-state index is -4.40. The van der Waals surface area contributed by atoms with Crippen molar-refractivity contribution in [2.75, 3.05) is 5.73 Å². The molecule has 0 aliphatic carbocycles. The van der Waals surface area contributed by atoms with Crippen molar-refractivity contribution < 1.29 is 13.2 Å². The number of aryl methyl sites for hydroxylation is 1. The summed E-state index contributed by atoms with van der Waals surface area (Å²) in [5.41, 5.74) is 6.66. The van der Waals surface area contributed by atoms with Crippen LogP contribution in [0.25, 0.3) is 11.3 Å². The monoisotopic (exact) mass is 253 g/mol. The molecule has 0 fully saturated rings. The van der Waals surface area contributed by atoms with Gasteiger partial charge in [0.1, 0.15) is 0 Å². The Labute approximate surface area is 101 Å². The SMILES string of the molecule is Cc1ccnnc1-c1ccc(C(F)(F)F)cc1N. The first-order chi connectivity index (χ1) is 8.39. The summed E-state index contributed by atoms with van der Waals surface area (Å²) in [6.07, 6.45) is -2.89. The number of anilines is 1. The molecule has 0 radical (unpaired) electrons. The van der Waals surface area contributed by atoms with E-state index in [1.54, 1.807) is 13.0 Å². The van der Waals surface area contributed by atoms with E-state index in [-0.39, 0.29) is 5.69 Å². The van der Waals surface area contributed by atoms with Crippen LogP contribution in [0.5, 0.6) is 0 Å². The Morgan fingerprint density at radius 2 is 1.89 bits per heavy atom. The molecule has 0 spiro atoms. The summed E-state index contributed by atoms with van der Waals surface area (Å²) in [5.74, 6) is 0. The highest BCUT2D eigenvalue weighted by Crippen LogP contribution is 2.34. The predicted molar refractivity (Wildman–Crippen MR) is 61.6 cm³/mol. The largest absolute Gasteiger partial charge is 0.416 e. The molecule has 0 atom stereocenters. The summed E-state index contributed by atoms with van der Waals surface area (Å²) in [7, 11) is 0. The summed E-state index contributed by atoms with van der Waals surface area (Å²) >= 11 is 0. The number of hydrogen-bond acceptors (Lipinski definition) is 3. The Morgan fingerprint density at radius 3 is 2.44 bits per heavy atom. The second-order valence-electron chi connectivity index (χ2n) is 3.86. The molecule has 0 amide bonds. The van der Waals surface area contributed by atoms with Gasteiger partial charge in [0, 0.05) is 17.4 Å². The Morgan fingerprint density at radius 1 is 1.17 bits per heavy atom. The van der Waals surface area contributed by atoms with E-state index < -0.39 is 11.7 Å². The number of halogens is 3. The molecule has 0 aliphatic rings. The summed E-state index contributed by atoms with van der Waals surface area (Å²) in [6.45, 7) is 1.79. The van der Waals surface area contributed by atoms with Crippen molar-refractivity contribution in [3.8, 4) is 11.3 Å². The average molecular weight is 253 g/mol. The van der Waals surface area contributed by atoms with E-state index in [1.807, 2.05) is 0 Å². The summed E-state index contributed by atoms with van der Waals surface area (Å²) in [6, 6.07) is 4.93. The lowest BCUT2D eigenvalue weighted by atomic mass is 10.0. The molecule has 0 bridgehead atoms. The molecular formula is C12H10F3N3. The van der Waals surface area contributed by atoms with Gasteiger partial charge in [-0.15, -0.1) is 0 Å². The smallest absolute Gasteiger partial charge is 0.398 e. The number of nitrogen functional groups attached to an aromatic ring is 1. The predicted octanol–water partition coefficient (Wildman–Crippen LogP) is 3.05. The summed E-state index contributed by atoms with van der Waals surface area (Å²) in [5, 5.41) is 7.60. The molecule has 0 unspecified atom stereocenters. The fourth-order valence-electron chi connectivity index (χ4n) is 1.62. The number of nitrogens with zero attached hydrogens (tertiary/aromatic N) is 2. The molecule has 2 rings (SSSR count). The highest BCUT2D eigenvalue weighted by molar-refractivity contribution is 5.76. The quantitative estimate of drug-likeness (QED) is 0.795. The van der Waals surface area contributed by atoms with Gasteiger partial charge < -0.3 is 5.73 Å². The Bertz CT molecular complexity index is 579. The first-order valence-corrected chi connectivity index (χ1v) is 5.15. The zero-order valence-electron chi connectivity index (χ0n) is 9.49. The van der Waals surface area contributed by atoms with Crippen LogP contribution in [0.2, 0.25) is 0 Å². The standard InChI is InChI=1S/C12H10F3N3/c1-7-4-5-17-18-11(7)9-3-2-8(6-10(9)16)12(13,14)15/h2-6H,16H2,1H3. The fraction of sp³-hybridized carbons (Fsp3) is 0.167. The van der Waals surface area contributed by atoms with Gasteiger partial charge in [-0.25, -0.2) is 0 Å².